The number of aromatic nitrogens is 1. The number of amides is 1. The van der Waals surface area contributed by atoms with E-state index in [2.05, 4.69) is 11.2 Å². The molecule has 0 atom stereocenters. The number of piperidine rings is 1. The lowest BCUT2D eigenvalue weighted by molar-refractivity contribution is 0.0992. The van der Waals surface area contributed by atoms with E-state index in [1.807, 2.05) is 19.3 Å². The predicted octanol–water partition coefficient (Wildman–Crippen LogP) is 1.86. The van der Waals surface area contributed by atoms with Gasteiger partial charge in [-0.25, -0.2) is 4.31 Å². The molecule has 1 saturated heterocycles. The summed E-state index contributed by atoms with van der Waals surface area (Å²) in [6, 6.07) is 1.87. The quantitative estimate of drug-likeness (QED) is 0.837. The van der Waals surface area contributed by atoms with Gasteiger partial charge in [-0.2, -0.15) is 0 Å². The molecule has 4 nitrogen and oxygen atoms in total. The summed E-state index contributed by atoms with van der Waals surface area (Å²) in [6.45, 7) is 4.54. The first kappa shape index (κ1) is 12.5. The van der Waals surface area contributed by atoms with Crippen molar-refractivity contribution in [1.82, 2.24) is 8.87 Å². The number of nitrogens with zero attached hydrogens (tertiary/aromatic N) is 2. The Labute approximate surface area is 106 Å². The minimum atomic E-state index is -0.369. The van der Waals surface area contributed by atoms with E-state index < -0.39 is 0 Å². The van der Waals surface area contributed by atoms with E-state index in [9.17, 15) is 4.79 Å². The van der Waals surface area contributed by atoms with Gasteiger partial charge in [-0.3, -0.25) is 4.79 Å². The Bertz CT molecular complexity index is 408. The lowest BCUT2D eigenvalue weighted by atomic mass is 10.0. The standard InChI is InChI=1S/C12H19N3OS/c1-9-3-5-15(6-4-9)17-10-7-11(12(13)16)14(2)8-10/h7-9H,3-6H2,1-2H3,(H2,13,16). The van der Waals surface area contributed by atoms with E-state index in [1.54, 1.807) is 16.5 Å². The highest BCUT2D eigenvalue weighted by atomic mass is 32.2. The topological polar surface area (TPSA) is 51.3 Å². The zero-order chi connectivity index (χ0) is 12.4. The van der Waals surface area contributed by atoms with Gasteiger partial charge in [-0.05, 0) is 36.8 Å². The number of aryl methyl sites for hydroxylation is 1. The van der Waals surface area contributed by atoms with Crippen molar-refractivity contribution in [2.24, 2.45) is 18.7 Å². The zero-order valence-electron chi connectivity index (χ0n) is 10.3. The van der Waals surface area contributed by atoms with Gasteiger partial charge in [0.25, 0.3) is 5.91 Å². The van der Waals surface area contributed by atoms with Gasteiger partial charge < -0.3 is 10.3 Å². The number of rotatable bonds is 3. The van der Waals surface area contributed by atoms with Crippen molar-refractivity contribution < 1.29 is 4.79 Å². The monoisotopic (exact) mass is 253 g/mol. The number of carbonyl (C=O) groups is 1. The maximum Gasteiger partial charge on any atom is 0.265 e. The van der Waals surface area contributed by atoms with Crippen LogP contribution < -0.4 is 5.73 Å². The van der Waals surface area contributed by atoms with Gasteiger partial charge >= 0.3 is 0 Å². The molecule has 0 aliphatic carbocycles. The average molecular weight is 253 g/mol. The molecule has 0 spiro atoms. The van der Waals surface area contributed by atoms with E-state index in [0.29, 0.717) is 5.69 Å². The minimum Gasteiger partial charge on any atom is -0.364 e. The minimum absolute atomic E-state index is 0.369. The van der Waals surface area contributed by atoms with E-state index in [0.717, 1.165) is 23.9 Å². The Morgan fingerprint density at radius 3 is 2.65 bits per heavy atom. The summed E-state index contributed by atoms with van der Waals surface area (Å²) in [4.78, 5) is 12.2. The van der Waals surface area contributed by atoms with Gasteiger partial charge in [-0.1, -0.05) is 6.92 Å². The Morgan fingerprint density at radius 2 is 2.12 bits per heavy atom. The van der Waals surface area contributed by atoms with E-state index in [4.69, 9.17) is 5.73 Å². The molecule has 0 aromatic carbocycles. The molecule has 2 N–H and O–H groups in total. The van der Waals surface area contributed by atoms with Crippen LogP contribution in [0, 0.1) is 5.92 Å². The van der Waals surface area contributed by atoms with Crippen molar-refractivity contribution in [2.75, 3.05) is 13.1 Å². The van der Waals surface area contributed by atoms with Crippen LogP contribution in [0.2, 0.25) is 0 Å². The molecular formula is C12H19N3OS. The number of hydrogen-bond donors (Lipinski definition) is 1. The molecule has 5 heteroatoms. The highest BCUT2D eigenvalue weighted by Gasteiger charge is 2.18. The number of hydrogen-bond acceptors (Lipinski definition) is 3. The van der Waals surface area contributed by atoms with Crippen molar-refractivity contribution in [2.45, 2.75) is 24.7 Å². The van der Waals surface area contributed by atoms with Gasteiger partial charge in [0.15, 0.2) is 0 Å². The summed E-state index contributed by atoms with van der Waals surface area (Å²) in [5, 5.41) is 0. The third-order valence-corrected chi connectivity index (χ3v) is 4.27. The highest BCUT2D eigenvalue weighted by molar-refractivity contribution is 7.97. The maximum atomic E-state index is 11.1. The fourth-order valence-corrected chi connectivity index (χ4v) is 3.12. The van der Waals surface area contributed by atoms with Crippen molar-refractivity contribution >= 4 is 17.9 Å². The second-order valence-corrected chi connectivity index (χ2v) is 5.91. The summed E-state index contributed by atoms with van der Waals surface area (Å²) in [5.41, 5.74) is 5.86. The summed E-state index contributed by atoms with van der Waals surface area (Å²) in [6.07, 6.45) is 4.47. The van der Waals surface area contributed by atoms with Gasteiger partial charge in [-0.15, -0.1) is 0 Å². The van der Waals surface area contributed by atoms with Gasteiger partial charge in [0, 0.05) is 31.2 Å². The smallest absolute Gasteiger partial charge is 0.265 e. The first-order valence-corrected chi connectivity index (χ1v) is 6.72. The van der Waals surface area contributed by atoms with E-state index >= 15 is 0 Å². The van der Waals surface area contributed by atoms with Crippen LogP contribution in [0.25, 0.3) is 0 Å². The Hall–Kier alpha value is -0.940. The molecule has 2 rings (SSSR count). The van der Waals surface area contributed by atoms with Crippen LogP contribution in [0.1, 0.15) is 30.3 Å². The van der Waals surface area contributed by atoms with Crippen LogP contribution in [0.15, 0.2) is 17.2 Å². The normalized spacial score (nSPS) is 18.5. The van der Waals surface area contributed by atoms with Crippen LogP contribution in [0.5, 0.6) is 0 Å². The summed E-state index contributed by atoms with van der Waals surface area (Å²) >= 11 is 1.72. The van der Waals surface area contributed by atoms with Crippen LogP contribution in [0.3, 0.4) is 0 Å². The molecule has 1 amide bonds. The maximum absolute atomic E-state index is 11.1. The highest BCUT2D eigenvalue weighted by Crippen LogP contribution is 2.29. The van der Waals surface area contributed by atoms with Crippen molar-refractivity contribution in [1.29, 1.82) is 0 Å². The van der Waals surface area contributed by atoms with Crippen LogP contribution in [-0.2, 0) is 7.05 Å². The fraction of sp³-hybridized carbons (Fsp3) is 0.583. The van der Waals surface area contributed by atoms with E-state index in [1.165, 1.54) is 12.8 Å². The van der Waals surface area contributed by atoms with Gasteiger partial charge in [0.05, 0.1) is 0 Å². The van der Waals surface area contributed by atoms with Crippen LogP contribution >= 0.6 is 11.9 Å². The first-order chi connectivity index (χ1) is 8.06. The number of primary amides is 1. The second-order valence-electron chi connectivity index (χ2n) is 4.74. The fourth-order valence-electron chi connectivity index (χ4n) is 2.05. The molecule has 1 fully saturated rings. The zero-order valence-corrected chi connectivity index (χ0v) is 11.2. The Kier molecular flexibility index (Phi) is 3.79. The Balaban J connectivity index is 1.99. The summed E-state index contributed by atoms with van der Waals surface area (Å²) < 4.78 is 4.15. The molecule has 0 saturated carbocycles. The molecule has 17 heavy (non-hydrogen) atoms. The average Bonchev–Trinajstić information content (AvgIpc) is 2.63. The molecule has 1 aliphatic heterocycles. The molecule has 2 heterocycles. The molecule has 0 radical (unpaired) electrons. The van der Waals surface area contributed by atoms with Gasteiger partial charge in [0.1, 0.15) is 5.69 Å². The molecule has 1 aromatic rings. The van der Waals surface area contributed by atoms with Crippen molar-refractivity contribution in [3.63, 3.8) is 0 Å². The number of nitrogens with two attached hydrogens (primary N) is 1. The largest absolute Gasteiger partial charge is 0.364 e. The third kappa shape index (κ3) is 3.04. The third-order valence-electron chi connectivity index (χ3n) is 3.21. The Morgan fingerprint density at radius 1 is 1.47 bits per heavy atom. The lowest BCUT2D eigenvalue weighted by Crippen LogP contribution is -2.27. The lowest BCUT2D eigenvalue weighted by Gasteiger charge is -2.28. The summed E-state index contributed by atoms with van der Waals surface area (Å²) in [7, 11) is 1.85. The second kappa shape index (κ2) is 5.14. The molecule has 0 bridgehead atoms. The molecule has 94 valence electrons. The molecule has 0 unspecified atom stereocenters. The van der Waals surface area contributed by atoms with Crippen LogP contribution in [-0.4, -0.2) is 27.9 Å². The van der Waals surface area contributed by atoms with Crippen molar-refractivity contribution in [3.8, 4) is 0 Å². The number of carbonyl (C=O) groups excluding carboxylic acids is 1. The van der Waals surface area contributed by atoms with Gasteiger partial charge in [0.2, 0.25) is 0 Å². The SMILES string of the molecule is CC1CCN(Sc2cc(C(N)=O)n(C)c2)CC1. The first-order valence-electron chi connectivity index (χ1n) is 5.95. The molecule has 1 aromatic heterocycles. The molecule has 1 aliphatic rings. The molecular weight excluding hydrogens is 234 g/mol. The van der Waals surface area contributed by atoms with E-state index in [-0.39, 0.29) is 5.91 Å². The van der Waals surface area contributed by atoms with Crippen molar-refractivity contribution in [3.05, 3.63) is 18.0 Å². The predicted molar refractivity (Wildman–Crippen MR) is 69.8 cm³/mol. The van der Waals surface area contributed by atoms with Crippen LogP contribution in [0.4, 0.5) is 0 Å². The summed E-state index contributed by atoms with van der Waals surface area (Å²) in [5.74, 6) is 0.468.